The smallest absolute Gasteiger partial charge is 0.190 e. The SMILES string of the molecule is COc1cnn(C(C)C)c1C(=O)Cc1ccccn1. The fraction of sp³-hybridized carbons (Fsp3) is 0.357. The van der Waals surface area contributed by atoms with Crippen molar-refractivity contribution in [3.05, 3.63) is 42.0 Å². The molecule has 2 rings (SSSR count). The largest absolute Gasteiger partial charge is 0.493 e. The highest BCUT2D eigenvalue weighted by atomic mass is 16.5. The van der Waals surface area contributed by atoms with Crippen molar-refractivity contribution >= 4 is 5.78 Å². The zero-order valence-electron chi connectivity index (χ0n) is 11.3. The number of Topliss-reactive ketones (excluding diaryl/α,β-unsaturated/α-hetero) is 1. The van der Waals surface area contributed by atoms with Gasteiger partial charge in [0, 0.05) is 17.9 Å². The molecule has 0 amide bonds. The molecule has 19 heavy (non-hydrogen) atoms. The van der Waals surface area contributed by atoms with E-state index in [-0.39, 0.29) is 18.2 Å². The first-order valence-corrected chi connectivity index (χ1v) is 6.18. The first-order valence-electron chi connectivity index (χ1n) is 6.18. The number of nitrogens with zero attached hydrogens (tertiary/aromatic N) is 3. The van der Waals surface area contributed by atoms with Gasteiger partial charge >= 0.3 is 0 Å². The second-order valence-electron chi connectivity index (χ2n) is 4.52. The van der Waals surface area contributed by atoms with Crippen molar-refractivity contribution in [2.24, 2.45) is 0 Å². The van der Waals surface area contributed by atoms with Crippen LogP contribution in [0.5, 0.6) is 5.75 Å². The van der Waals surface area contributed by atoms with Gasteiger partial charge in [-0.25, -0.2) is 0 Å². The Morgan fingerprint density at radius 2 is 2.21 bits per heavy atom. The van der Waals surface area contributed by atoms with E-state index in [1.807, 2.05) is 32.0 Å². The second-order valence-corrected chi connectivity index (χ2v) is 4.52. The lowest BCUT2D eigenvalue weighted by Crippen LogP contribution is -2.15. The van der Waals surface area contributed by atoms with Crippen LogP contribution in [0.25, 0.3) is 0 Å². The lowest BCUT2D eigenvalue weighted by molar-refractivity contribution is 0.0976. The van der Waals surface area contributed by atoms with Crippen molar-refractivity contribution in [1.29, 1.82) is 0 Å². The molecule has 0 unspecified atom stereocenters. The van der Waals surface area contributed by atoms with Gasteiger partial charge in [-0.1, -0.05) is 6.07 Å². The van der Waals surface area contributed by atoms with Gasteiger partial charge in [0.2, 0.25) is 0 Å². The molecule has 0 bridgehead atoms. The fourth-order valence-electron chi connectivity index (χ4n) is 1.90. The highest BCUT2D eigenvalue weighted by Crippen LogP contribution is 2.22. The van der Waals surface area contributed by atoms with E-state index in [0.717, 1.165) is 5.69 Å². The molecule has 2 aromatic heterocycles. The Morgan fingerprint density at radius 1 is 1.42 bits per heavy atom. The molecule has 2 aromatic rings. The molecule has 0 fully saturated rings. The molecule has 0 aliphatic rings. The Morgan fingerprint density at radius 3 is 2.79 bits per heavy atom. The maximum atomic E-state index is 12.4. The monoisotopic (exact) mass is 259 g/mol. The average Bonchev–Trinajstić information content (AvgIpc) is 2.83. The zero-order valence-corrected chi connectivity index (χ0v) is 11.3. The molecule has 0 saturated heterocycles. The number of hydrogen-bond acceptors (Lipinski definition) is 4. The van der Waals surface area contributed by atoms with E-state index < -0.39 is 0 Å². The Kier molecular flexibility index (Phi) is 3.94. The second kappa shape index (κ2) is 5.65. The lowest BCUT2D eigenvalue weighted by atomic mass is 10.1. The molecule has 0 atom stereocenters. The first kappa shape index (κ1) is 13.3. The van der Waals surface area contributed by atoms with Crippen LogP contribution in [0.4, 0.5) is 0 Å². The number of methoxy groups -OCH3 is 1. The van der Waals surface area contributed by atoms with Crippen LogP contribution in [0.15, 0.2) is 30.6 Å². The molecule has 0 N–H and O–H groups in total. The topological polar surface area (TPSA) is 57.0 Å². The normalized spacial score (nSPS) is 10.7. The summed E-state index contributed by atoms with van der Waals surface area (Å²) >= 11 is 0. The predicted octanol–water partition coefficient (Wildman–Crippen LogP) is 2.29. The van der Waals surface area contributed by atoms with Crippen LogP contribution in [0.3, 0.4) is 0 Å². The number of hydrogen-bond donors (Lipinski definition) is 0. The van der Waals surface area contributed by atoms with Gasteiger partial charge in [-0.05, 0) is 26.0 Å². The van der Waals surface area contributed by atoms with Crippen LogP contribution < -0.4 is 4.74 Å². The van der Waals surface area contributed by atoms with E-state index in [1.54, 1.807) is 24.2 Å². The minimum absolute atomic E-state index is 0.0400. The van der Waals surface area contributed by atoms with Crippen LogP contribution in [0.2, 0.25) is 0 Å². The van der Waals surface area contributed by atoms with Gasteiger partial charge in [0.05, 0.1) is 19.7 Å². The molecule has 0 aliphatic carbocycles. The number of carbonyl (C=O) groups is 1. The molecular formula is C14H17N3O2. The number of pyridine rings is 1. The molecular weight excluding hydrogens is 242 g/mol. The number of carbonyl (C=O) groups excluding carboxylic acids is 1. The molecule has 0 aliphatic heterocycles. The summed E-state index contributed by atoms with van der Waals surface area (Å²) in [6.45, 7) is 3.95. The number of rotatable bonds is 5. The molecule has 5 nitrogen and oxygen atoms in total. The standard InChI is InChI=1S/C14H17N3O2/c1-10(2)17-14(13(19-3)9-16-17)12(18)8-11-6-4-5-7-15-11/h4-7,9-10H,8H2,1-3H3. The van der Waals surface area contributed by atoms with E-state index in [0.29, 0.717) is 11.4 Å². The van der Waals surface area contributed by atoms with Crippen molar-refractivity contribution in [3.8, 4) is 5.75 Å². The minimum atomic E-state index is -0.0400. The van der Waals surface area contributed by atoms with E-state index in [2.05, 4.69) is 10.1 Å². The Hall–Kier alpha value is -2.17. The van der Waals surface area contributed by atoms with Crippen molar-refractivity contribution in [3.63, 3.8) is 0 Å². The van der Waals surface area contributed by atoms with Crippen LogP contribution in [-0.4, -0.2) is 27.7 Å². The molecule has 0 saturated carbocycles. The summed E-state index contributed by atoms with van der Waals surface area (Å²) in [7, 11) is 1.54. The predicted molar refractivity (Wildman–Crippen MR) is 71.4 cm³/mol. The molecule has 5 heteroatoms. The summed E-state index contributed by atoms with van der Waals surface area (Å²) < 4.78 is 6.90. The first-order chi connectivity index (χ1) is 9.13. The van der Waals surface area contributed by atoms with E-state index in [4.69, 9.17) is 4.74 Å². The minimum Gasteiger partial charge on any atom is -0.493 e. The van der Waals surface area contributed by atoms with Crippen LogP contribution in [-0.2, 0) is 6.42 Å². The molecule has 100 valence electrons. The van der Waals surface area contributed by atoms with E-state index in [1.165, 1.54) is 0 Å². The highest BCUT2D eigenvalue weighted by Gasteiger charge is 2.21. The summed E-state index contributed by atoms with van der Waals surface area (Å²) in [5.74, 6) is 0.469. The molecule has 2 heterocycles. The van der Waals surface area contributed by atoms with Gasteiger partial charge in [0.1, 0.15) is 5.69 Å². The third kappa shape index (κ3) is 2.81. The van der Waals surface area contributed by atoms with Gasteiger partial charge in [0.25, 0.3) is 0 Å². The number of aromatic nitrogens is 3. The Balaban J connectivity index is 2.30. The van der Waals surface area contributed by atoms with Crippen molar-refractivity contribution in [1.82, 2.24) is 14.8 Å². The Bertz CT molecular complexity index is 561. The van der Waals surface area contributed by atoms with Gasteiger partial charge in [0.15, 0.2) is 11.5 Å². The van der Waals surface area contributed by atoms with Gasteiger partial charge in [-0.3, -0.25) is 14.5 Å². The summed E-state index contributed by atoms with van der Waals surface area (Å²) in [5.41, 5.74) is 1.24. The zero-order chi connectivity index (χ0) is 13.8. The maximum Gasteiger partial charge on any atom is 0.190 e. The van der Waals surface area contributed by atoms with Gasteiger partial charge in [-0.15, -0.1) is 0 Å². The van der Waals surface area contributed by atoms with Crippen molar-refractivity contribution < 1.29 is 9.53 Å². The lowest BCUT2D eigenvalue weighted by Gasteiger charge is -2.11. The van der Waals surface area contributed by atoms with Gasteiger partial charge < -0.3 is 4.74 Å². The maximum absolute atomic E-state index is 12.4. The summed E-state index contributed by atoms with van der Waals surface area (Å²) in [5, 5.41) is 4.20. The molecule has 0 radical (unpaired) electrons. The van der Waals surface area contributed by atoms with E-state index >= 15 is 0 Å². The average molecular weight is 259 g/mol. The highest BCUT2D eigenvalue weighted by molar-refractivity contribution is 5.98. The van der Waals surface area contributed by atoms with Crippen molar-refractivity contribution in [2.75, 3.05) is 7.11 Å². The van der Waals surface area contributed by atoms with Gasteiger partial charge in [-0.2, -0.15) is 5.10 Å². The third-order valence-corrected chi connectivity index (χ3v) is 2.80. The van der Waals surface area contributed by atoms with Crippen LogP contribution in [0, 0.1) is 0 Å². The summed E-state index contributed by atoms with van der Waals surface area (Å²) in [4.78, 5) is 16.6. The van der Waals surface area contributed by atoms with Crippen LogP contribution in [0.1, 0.15) is 36.1 Å². The third-order valence-electron chi connectivity index (χ3n) is 2.80. The van der Waals surface area contributed by atoms with Crippen LogP contribution >= 0.6 is 0 Å². The summed E-state index contributed by atoms with van der Waals surface area (Å²) in [6.07, 6.45) is 3.50. The summed E-state index contributed by atoms with van der Waals surface area (Å²) in [6, 6.07) is 5.63. The molecule has 0 spiro atoms. The quantitative estimate of drug-likeness (QED) is 0.773. The molecule has 0 aromatic carbocycles. The fourth-order valence-corrected chi connectivity index (χ4v) is 1.90. The van der Waals surface area contributed by atoms with E-state index in [9.17, 15) is 4.79 Å². The number of ether oxygens (including phenoxy) is 1. The Labute approximate surface area is 112 Å². The van der Waals surface area contributed by atoms with Crippen molar-refractivity contribution in [2.45, 2.75) is 26.3 Å². The number of ketones is 1.